The van der Waals surface area contributed by atoms with Crippen molar-refractivity contribution in [2.24, 2.45) is 5.41 Å². The molecule has 6 nitrogen and oxygen atoms in total. The van der Waals surface area contributed by atoms with E-state index in [1.807, 2.05) is 6.92 Å². The highest BCUT2D eigenvalue weighted by Crippen LogP contribution is 2.52. The average Bonchev–Trinajstić information content (AvgIpc) is 2.62. The normalized spacial score (nSPS) is 11.2. The fraction of sp³-hybridized carbons (Fsp3) is 0.429. The van der Waals surface area contributed by atoms with Crippen molar-refractivity contribution in [2.75, 3.05) is 14.2 Å². The second-order valence-electron chi connectivity index (χ2n) is 7.28. The van der Waals surface area contributed by atoms with E-state index in [4.69, 9.17) is 30.5 Å². The van der Waals surface area contributed by atoms with Gasteiger partial charge in [0.25, 0.3) is 0 Å². The molecule has 28 heavy (non-hydrogen) atoms. The van der Waals surface area contributed by atoms with E-state index in [1.54, 1.807) is 39.0 Å². The Morgan fingerprint density at radius 3 is 2.00 bits per heavy atom. The molecule has 0 spiro atoms. The summed E-state index contributed by atoms with van der Waals surface area (Å²) in [6.45, 7) is 7.12. The highest BCUT2D eigenvalue weighted by atomic mass is 35.5. The molecule has 0 aromatic heterocycles. The second-order valence-corrected chi connectivity index (χ2v) is 7.71. The Hall–Kier alpha value is -2.47. The van der Waals surface area contributed by atoms with Crippen LogP contribution in [-0.2, 0) is 9.59 Å². The van der Waals surface area contributed by atoms with Gasteiger partial charge < -0.3 is 18.9 Å². The highest BCUT2D eigenvalue weighted by Gasteiger charge is 2.30. The van der Waals surface area contributed by atoms with E-state index in [9.17, 15) is 9.59 Å². The second kappa shape index (κ2) is 8.69. The Kier molecular flexibility index (Phi) is 6.77. The van der Waals surface area contributed by atoms with Gasteiger partial charge in [-0.05, 0) is 45.4 Å². The molecular weight excluding hydrogens is 384 g/mol. The molecule has 2 aromatic carbocycles. The molecule has 0 radical (unpaired) electrons. The molecule has 2 rings (SSSR count). The Morgan fingerprint density at radius 2 is 1.50 bits per heavy atom. The molecule has 0 heterocycles. The molecule has 2 aromatic rings. The summed E-state index contributed by atoms with van der Waals surface area (Å²) in [5.41, 5.74) is -0.741. The van der Waals surface area contributed by atoms with Crippen molar-refractivity contribution >= 4 is 34.3 Å². The number of ether oxygens (including phenoxy) is 4. The van der Waals surface area contributed by atoms with E-state index >= 15 is 0 Å². The average molecular weight is 409 g/mol. The number of carbonyl (C=O) groups is 2. The van der Waals surface area contributed by atoms with Crippen LogP contribution in [0.5, 0.6) is 23.0 Å². The minimum Gasteiger partial charge on any atom is -0.490 e. The summed E-state index contributed by atoms with van der Waals surface area (Å²) < 4.78 is 22.2. The van der Waals surface area contributed by atoms with Gasteiger partial charge in [0, 0.05) is 22.2 Å². The molecule has 7 heteroatoms. The van der Waals surface area contributed by atoms with Crippen LogP contribution in [0.4, 0.5) is 0 Å². The van der Waals surface area contributed by atoms with Crippen LogP contribution in [0.2, 0.25) is 5.02 Å². The molecule has 0 saturated heterocycles. The lowest BCUT2D eigenvalue weighted by molar-refractivity contribution is -0.143. The number of hydrogen-bond acceptors (Lipinski definition) is 6. The third-order valence-corrected chi connectivity index (χ3v) is 4.21. The summed E-state index contributed by atoms with van der Waals surface area (Å²) in [4.78, 5) is 24.7. The van der Waals surface area contributed by atoms with Gasteiger partial charge in [-0.15, -0.1) is 0 Å². The summed E-state index contributed by atoms with van der Waals surface area (Å²) in [6, 6.07) is 4.96. The van der Waals surface area contributed by atoms with E-state index in [0.717, 1.165) is 0 Å². The molecule has 0 bridgehead atoms. The zero-order chi connectivity index (χ0) is 21.1. The lowest BCUT2D eigenvalue weighted by atomic mass is 9.97. The van der Waals surface area contributed by atoms with E-state index in [2.05, 4.69) is 0 Å². The molecule has 152 valence electrons. The van der Waals surface area contributed by atoms with Crippen LogP contribution in [0.25, 0.3) is 10.8 Å². The Bertz CT molecular complexity index is 898. The van der Waals surface area contributed by atoms with Gasteiger partial charge in [-0.2, -0.15) is 0 Å². The largest absolute Gasteiger partial charge is 0.490 e. The van der Waals surface area contributed by atoms with Crippen molar-refractivity contribution in [3.05, 3.63) is 23.2 Å². The van der Waals surface area contributed by atoms with E-state index in [0.29, 0.717) is 22.2 Å². The quantitative estimate of drug-likeness (QED) is 0.485. The first kappa shape index (κ1) is 21.8. The molecule has 0 saturated carbocycles. The predicted molar refractivity (Wildman–Crippen MR) is 108 cm³/mol. The molecule has 0 atom stereocenters. The Balaban J connectivity index is 2.80. The summed E-state index contributed by atoms with van der Waals surface area (Å²) in [5, 5.41) is 1.42. The third kappa shape index (κ3) is 4.50. The molecular formula is C21H25ClO6. The fourth-order valence-corrected chi connectivity index (χ4v) is 2.71. The van der Waals surface area contributed by atoms with Gasteiger partial charge >= 0.3 is 11.9 Å². The number of hydrogen-bond donors (Lipinski definition) is 0. The van der Waals surface area contributed by atoms with Crippen LogP contribution in [-0.4, -0.2) is 26.2 Å². The first-order valence-electron chi connectivity index (χ1n) is 8.94. The topological polar surface area (TPSA) is 71.1 Å². The molecule has 0 fully saturated rings. The van der Waals surface area contributed by atoms with Crippen LogP contribution in [0.15, 0.2) is 18.2 Å². The Labute approximate surface area is 169 Å². The SMILES string of the molecule is CCCC(=O)Oc1c(OC)c(OC)c(OC(=O)C(C)(C)C)c2cc(Cl)ccc12. The number of fused-ring (bicyclic) bond motifs is 1. The summed E-state index contributed by atoms with van der Waals surface area (Å²) in [6.07, 6.45) is 0.893. The van der Waals surface area contributed by atoms with Gasteiger partial charge in [0.05, 0.1) is 19.6 Å². The number of benzene rings is 2. The molecule has 0 aliphatic carbocycles. The first-order valence-corrected chi connectivity index (χ1v) is 9.32. The smallest absolute Gasteiger partial charge is 0.316 e. The van der Waals surface area contributed by atoms with E-state index in [1.165, 1.54) is 14.2 Å². The first-order chi connectivity index (χ1) is 13.1. The van der Waals surface area contributed by atoms with E-state index in [-0.39, 0.29) is 29.4 Å². The van der Waals surface area contributed by atoms with Gasteiger partial charge in [0.1, 0.15) is 0 Å². The maximum Gasteiger partial charge on any atom is 0.316 e. The van der Waals surface area contributed by atoms with Gasteiger partial charge in [-0.3, -0.25) is 9.59 Å². The van der Waals surface area contributed by atoms with Crippen molar-refractivity contribution in [1.29, 1.82) is 0 Å². The fourth-order valence-electron chi connectivity index (χ4n) is 2.54. The Morgan fingerprint density at radius 1 is 0.929 bits per heavy atom. The minimum atomic E-state index is -0.741. The standard InChI is InChI=1S/C21H25ClO6/c1-7-8-15(23)27-16-13-10-9-12(22)11-14(13)17(19(26-6)18(16)25-5)28-20(24)21(2,3)4/h9-11H,7-8H2,1-6H3. The van der Waals surface area contributed by atoms with Gasteiger partial charge in [-0.25, -0.2) is 0 Å². The number of carbonyl (C=O) groups excluding carboxylic acids is 2. The third-order valence-electron chi connectivity index (χ3n) is 3.97. The summed E-state index contributed by atoms with van der Waals surface area (Å²) >= 11 is 6.17. The minimum absolute atomic E-state index is 0.147. The monoisotopic (exact) mass is 408 g/mol. The zero-order valence-electron chi connectivity index (χ0n) is 17.0. The lowest BCUT2D eigenvalue weighted by Crippen LogP contribution is -2.26. The zero-order valence-corrected chi connectivity index (χ0v) is 17.7. The highest BCUT2D eigenvalue weighted by molar-refractivity contribution is 6.31. The van der Waals surface area contributed by atoms with Crippen LogP contribution in [0.1, 0.15) is 40.5 Å². The number of rotatable bonds is 6. The van der Waals surface area contributed by atoms with Crippen molar-refractivity contribution in [3.63, 3.8) is 0 Å². The van der Waals surface area contributed by atoms with Crippen molar-refractivity contribution in [2.45, 2.75) is 40.5 Å². The molecule has 0 amide bonds. The van der Waals surface area contributed by atoms with Crippen LogP contribution < -0.4 is 18.9 Å². The number of halogens is 1. The van der Waals surface area contributed by atoms with Crippen LogP contribution >= 0.6 is 11.6 Å². The molecule has 0 aliphatic heterocycles. The maximum atomic E-state index is 12.5. The number of esters is 2. The van der Waals surface area contributed by atoms with Gasteiger partial charge in [-0.1, -0.05) is 18.5 Å². The number of methoxy groups -OCH3 is 2. The van der Waals surface area contributed by atoms with Crippen LogP contribution in [0, 0.1) is 5.41 Å². The summed E-state index contributed by atoms with van der Waals surface area (Å²) in [5.74, 6) is -0.192. The van der Waals surface area contributed by atoms with Crippen molar-refractivity contribution in [1.82, 2.24) is 0 Å². The molecule has 0 N–H and O–H groups in total. The van der Waals surface area contributed by atoms with Crippen molar-refractivity contribution < 1.29 is 28.5 Å². The van der Waals surface area contributed by atoms with Gasteiger partial charge in [0.15, 0.2) is 11.5 Å². The van der Waals surface area contributed by atoms with E-state index < -0.39 is 17.4 Å². The van der Waals surface area contributed by atoms with Crippen LogP contribution in [0.3, 0.4) is 0 Å². The van der Waals surface area contributed by atoms with Gasteiger partial charge in [0.2, 0.25) is 11.5 Å². The maximum absolute atomic E-state index is 12.5. The lowest BCUT2D eigenvalue weighted by Gasteiger charge is -2.22. The van der Waals surface area contributed by atoms with Crippen molar-refractivity contribution in [3.8, 4) is 23.0 Å². The predicted octanol–water partition coefficient (Wildman–Crippen LogP) is 5.17. The molecule has 0 aliphatic rings. The molecule has 0 unspecified atom stereocenters. The summed E-state index contributed by atoms with van der Waals surface area (Å²) in [7, 11) is 2.84.